The van der Waals surface area contributed by atoms with Gasteiger partial charge in [-0.25, -0.2) is 5.06 Å². The fourth-order valence-corrected chi connectivity index (χ4v) is 1.91. The number of hydroxylamine groups is 2. The lowest BCUT2D eigenvalue weighted by Gasteiger charge is -2.23. The summed E-state index contributed by atoms with van der Waals surface area (Å²) in [6, 6.07) is 9.45. The number of benzene rings is 1. The van der Waals surface area contributed by atoms with Crippen LogP contribution in [0.15, 0.2) is 30.3 Å². The first-order valence-corrected chi connectivity index (χ1v) is 6.97. The van der Waals surface area contributed by atoms with Crippen molar-refractivity contribution in [1.82, 2.24) is 5.06 Å². The summed E-state index contributed by atoms with van der Waals surface area (Å²) in [5, 5.41) is 1.15. The molecule has 0 aliphatic heterocycles. The van der Waals surface area contributed by atoms with Gasteiger partial charge in [0.2, 0.25) is 5.91 Å². The Hall–Kier alpha value is -1.88. The van der Waals surface area contributed by atoms with E-state index in [0.717, 1.165) is 10.6 Å². The maximum atomic E-state index is 12.1. The van der Waals surface area contributed by atoms with E-state index in [2.05, 4.69) is 0 Å². The molecule has 1 aromatic carbocycles. The van der Waals surface area contributed by atoms with Gasteiger partial charge in [-0.1, -0.05) is 44.2 Å². The van der Waals surface area contributed by atoms with Crippen molar-refractivity contribution in [3.63, 3.8) is 0 Å². The van der Waals surface area contributed by atoms with E-state index < -0.39 is 5.92 Å². The van der Waals surface area contributed by atoms with Crippen LogP contribution in [0.3, 0.4) is 0 Å². The van der Waals surface area contributed by atoms with Crippen molar-refractivity contribution in [2.75, 3.05) is 14.2 Å². The third-order valence-electron chi connectivity index (χ3n) is 3.34. The molecule has 0 aliphatic rings. The number of carbonyl (C=O) groups is 2. The molecule has 0 saturated heterocycles. The molecule has 0 radical (unpaired) electrons. The van der Waals surface area contributed by atoms with Crippen LogP contribution < -0.4 is 0 Å². The molecule has 0 saturated carbocycles. The molecular formula is C16H23NO4. The monoisotopic (exact) mass is 293 g/mol. The highest BCUT2D eigenvalue weighted by atomic mass is 16.7. The van der Waals surface area contributed by atoms with Gasteiger partial charge in [0, 0.05) is 7.05 Å². The molecule has 116 valence electrons. The van der Waals surface area contributed by atoms with Gasteiger partial charge in [0.15, 0.2) is 0 Å². The lowest BCUT2D eigenvalue weighted by Crippen LogP contribution is -2.36. The SMILES string of the molecule is CON(C)C(=O)[C@@H](CC(=O)OCc1ccccc1)C(C)C. The van der Waals surface area contributed by atoms with Gasteiger partial charge in [-0.2, -0.15) is 0 Å². The minimum atomic E-state index is -0.446. The second kappa shape index (κ2) is 8.42. The fourth-order valence-electron chi connectivity index (χ4n) is 1.91. The Balaban J connectivity index is 2.55. The van der Waals surface area contributed by atoms with Crippen molar-refractivity contribution in [1.29, 1.82) is 0 Å². The summed E-state index contributed by atoms with van der Waals surface area (Å²) < 4.78 is 5.22. The quantitative estimate of drug-likeness (QED) is 0.572. The van der Waals surface area contributed by atoms with E-state index in [0.29, 0.717) is 0 Å². The van der Waals surface area contributed by atoms with Crippen molar-refractivity contribution in [2.45, 2.75) is 26.9 Å². The van der Waals surface area contributed by atoms with Crippen LogP contribution in [0, 0.1) is 11.8 Å². The summed E-state index contributed by atoms with van der Waals surface area (Å²) in [6.07, 6.45) is 0.0526. The zero-order chi connectivity index (χ0) is 15.8. The summed E-state index contributed by atoms with van der Waals surface area (Å²) in [6.45, 7) is 4.02. The summed E-state index contributed by atoms with van der Waals surface area (Å²) in [5.41, 5.74) is 0.923. The number of nitrogens with zero attached hydrogens (tertiary/aromatic N) is 1. The van der Waals surface area contributed by atoms with E-state index in [1.165, 1.54) is 14.2 Å². The Morgan fingerprint density at radius 2 is 1.81 bits per heavy atom. The van der Waals surface area contributed by atoms with Gasteiger partial charge >= 0.3 is 5.97 Å². The molecule has 0 N–H and O–H groups in total. The number of esters is 1. The molecule has 0 unspecified atom stereocenters. The molecule has 1 atom stereocenters. The first-order chi connectivity index (χ1) is 9.95. The van der Waals surface area contributed by atoms with E-state index in [4.69, 9.17) is 9.57 Å². The zero-order valence-electron chi connectivity index (χ0n) is 13.0. The largest absolute Gasteiger partial charge is 0.461 e. The summed E-state index contributed by atoms with van der Waals surface area (Å²) >= 11 is 0. The van der Waals surface area contributed by atoms with E-state index in [9.17, 15) is 9.59 Å². The normalized spacial score (nSPS) is 12.0. The zero-order valence-corrected chi connectivity index (χ0v) is 13.0. The molecule has 5 nitrogen and oxygen atoms in total. The first kappa shape index (κ1) is 17.2. The summed E-state index contributed by atoms with van der Waals surface area (Å²) in [5.74, 6) is -1.02. The highest BCUT2D eigenvalue weighted by Crippen LogP contribution is 2.19. The molecular weight excluding hydrogens is 270 g/mol. The van der Waals surface area contributed by atoms with Crippen LogP contribution in [0.2, 0.25) is 0 Å². The van der Waals surface area contributed by atoms with Crippen LogP contribution in [0.25, 0.3) is 0 Å². The topological polar surface area (TPSA) is 55.8 Å². The molecule has 0 aliphatic carbocycles. The van der Waals surface area contributed by atoms with Crippen molar-refractivity contribution < 1.29 is 19.2 Å². The highest BCUT2D eigenvalue weighted by molar-refractivity contribution is 5.83. The minimum Gasteiger partial charge on any atom is -0.461 e. The predicted molar refractivity (Wildman–Crippen MR) is 79.0 cm³/mol. The van der Waals surface area contributed by atoms with Gasteiger partial charge in [0.1, 0.15) is 6.61 Å². The summed E-state index contributed by atoms with van der Waals surface area (Å²) in [4.78, 5) is 28.9. The molecule has 0 aromatic heterocycles. The number of hydrogen-bond donors (Lipinski definition) is 0. The van der Waals surface area contributed by atoms with Crippen LogP contribution in [-0.4, -0.2) is 31.1 Å². The molecule has 1 rings (SSSR count). The van der Waals surface area contributed by atoms with Crippen molar-refractivity contribution in [3.8, 4) is 0 Å². The number of carbonyl (C=O) groups excluding carboxylic acids is 2. The van der Waals surface area contributed by atoms with Crippen molar-refractivity contribution in [3.05, 3.63) is 35.9 Å². The van der Waals surface area contributed by atoms with Crippen LogP contribution in [0.5, 0.6) is 0 Å². The van der Waals surface area contributed by atoms with Gasteiger partial charge < -0.3 is 4.74 Å². The second-order valence-corrected chi connectivity index (χ2v) is 5.22. The Labute approximate surface area is 125 Å². The highest BCUT2D eigenvalue weighted by Gasteiger charge is 2.28. The number of rotatable bonds is 7. The van der Waals surface area contributed by atoms with E-state index in [-0.39, 0.29) is 30.8 Å². The van der Waals surface area contributed by atoms with E-state index in [1.54, 1.807) is 0 Å². The van der Waals surface area contributed by atoms with Gasteiger partial charge in [-0.05, 0) is 11.5 Å². The van der Waals surface area contributed by atoms with Crippen LogP contribution >= 0.6 is 0 Å². The van der Waals surface area contributed by atoms with E-state index >= 15 is 0 Å². The maximum Gasteiger partial charge on any atom is 0.306 e. The average molecular weight is 293 g/mol. The minimum absolute atomic E-state index is 0.0272. The smallest absolute Gasteiger partial charge is 0.306 e. The van der Waals surface area contributed by atoms with Gasteiger partial charge in [0.25, 0.3) is 0 Å². The predicted octanol–water partition coefficient (Wildman–Crippen LogP) is 2.41. The lowest BCUT2D eigenvalue weighted by molar-refractivity contribution is -0.177. The molecule has 0 fully saturated rings. The number of amides is 1. The van der Waals surface area contributed by atoms with Crippen molar-refractivity contribution >= 4 is 11.9 Å². The first-order valence-electron chi connectivity index (χ1n) is 6.97. The van der Waals surface area contributed by atoms with Crippen LogP contribution in [0.1, 0.15) is 25.8 Å². The molecule has 0 bridgehead atoms. The lowest BCUT2D eigenvalue weighted by atomic mass is 9.91. The Bertz CT molecular complexity index is 459. The maximum absolute atomic E-state index is 12.1. The van der Waals surface area contributed by atoms with Gasteiger partial charge in [-0.15, -0.1) is 0 Å². The number of hydrogen-bond acceptors (Lipinski definition) is 4. The van der Waals surface area contributed by atoms with Crippen molar-refractivity contribution in [2.24, 2.45) is 11.8 Å². The third-order valence-corrected chi connectivity index (χ3v) is 3.34. The Morgan fingerprint density at radius 3 is 2.33 bits per heavy atom. The summed E-state index contributed by atoms with van der Waals surface area (Å²) in [7, 11) is 2.95. The van der Waals surface area contributed by atoms with E-state index in [1.807, 2.05) is 44.2 Å². The van der Waals surface area contributed by atoms with Gasteiger partial charge in [-0.3, -0.25) is 14.4 Å². The standard InChI is InChI=1S/C16H23NO4/c1-12(2)14(16(19)17(3)20-4)10-15(18)21-11-13-8-6-5-7-9-13/h5-9,12,14H,10-11H2,1-4H3/t14-/m0/s1. The molecule has 21 heavy (non-hydrogen) atoms. The molecule has 1 amide bonds. The Kier molecular flexibility index (Phi) is 6.88. The average Bonchev–Trinajstić information content (AvgIpc) is 2.49. The van der Waals surface area contributed by atoms with Crippen LogP contribution in [0.4, 0.5) is 0 Å². The van der Waals surface area contributed by atoms with Crippen LogP contribution in [-0.2, 0) is 25.8 Å². The second-order valence-electron chi connectivity index (χ2n) is 5.22. The Morgan fingerprint density at radius 1 is 1.19 bits per heavy atom. The fraction of sp³-hybridized carbons (Fsp3) is 0.500. The number of ether oxygens (including phenoxy) is 1. The molecule has 0 spiro atoms. The molecule has 0 heterocycles. The molecule has 5 heteroatoms. The third kappa shape index (κ3) is 5.55. The molecule has 1 aromatic rings. The van der Waals surface area contributed by atoms with Gasteiger partial charge in [0.05, 0.1) is 19.4 Å².